The number of primary sulfonamides is 1. The van der Waals surface area contributed by atoms with E-state index >= 15 is 0 Å². The number of nitrogens with one attached hydrogen (secondary N) is 1. The second kappa shape index (κ2) is 4.89. The maximum Gasteiger partial charge on any atom is 0.271 e. The average Bonchev–Trinajstić information content (AvgIpc) is 2.95. The highest BCUT2D eigenvalue weighted by atomic mass is 32.2. The fourth-order valence-electron chi connectivity index (χ4n) is 1.74. The van der Waals surface area contributed by atoms with Crippen LogP contribution in [0.4, 0.5) is 5.82 Å². The SMILES string of the molecule is NS(=O)(=O)c1cc2cc(CNc3ccccn3)sc2o1. The topological polar surface area (TPSA) is 98.2 Å². The molecule has 0 saturated carbocycles. The van der Waals surface area contributed by atoms with Gasteiger partial charge in [0.25, 0.3) is 10.0 Å². The zero-order valence-corrected chi connectivity index (χ0v) is 11.9. The second-order valence-corrected chi connectivity index (χ2v) is 6.73. The molecule has 0 aromatic carbocycles. The fraction of sp³-hybridized carbons (Fsp3) is 0.0833. The first kappa shape index (κ1) is 13.1. The van der Waals surface area contributed by atoms with Crippen molar-refractivity contribution in [3.8, 4) is 0 Å². The van der Waals surface area contributed by atoms with Crippen LogP contribution in [0.25, 0.3) is 10.3 Å². The molecule has 0 aliphatic rings. The summed E-state index contributed by atoms with van der Waals surface area (Å²) in [5, 5.41) is 8.71. The standard InChI is InChI=1S/C12H11N3O3S2/c13-20(16,17)11-6-8-5-9(19-12(8)18-11)7-15-10-3-1-2-4-14-10/h1-6H,7H2,(H,14,15)(H2,13,16,17). The minimum Gasteiger partial charge on any atom is -0.433 e. The zero-order valence-electron chi connectivity index (χ0n) is 10.2. The Morgan fingerprint density at radius 2 is 2.20 bits per heavy atom. The van der Waals surface area contributed by atoms with E-state index in [9.17, 15) is 8.42 Å². The summed E-state index contributed by atoms with van der Waals surface area (Å²) in [4.78, 5) is 5.72. The third-order valence-electron chi connectivity index (χ3n) is 2.63. The summed E-state index contributed by atoms with van der Waals surface area (Å²) >= 11 is 1.38. The minimum atomic E-state index is -3.79. The van der Waals surface area contributed by atoms with Gasteiger partial charge in [0.1, 0.15) is 5.82 Å². The van der Waals surface area contributed by atoms with E-state index in [4.69, 9.17) is 9.56 Å². The van der Waals surface area contributed by atoms with E-state index in [0.717, 1.165) is 16.1 Å². The van der Waals surface area contributed by atoms with Crippen molar-refractivity contribution in [1.29, 1.82) is 0 Å². The molecule has 3 rings (SSSR count). The fourth-order valence-corrected chi connectivity index (χ4v) is 3.22. The van der Waals surface area contributed by atoms with Gasteiger partial charge < -0.3 is 9.73 Å². The van der Waals surface area contributed by atoms with Crippen LogP contribution in [0.1, 0.15) is 4.88 Å². The summed E-state index contributed by atoms with van der Waals surface area (Å²) < 4.78 is 27.6. The number of sulfonamides is 1. The number of nitrogens with zero attached hydrogens (tertiary/aromatic N) is 1. The third-order valence-corrected chi connectivity index (χ3v) is 4.42. The molecule has 3 heterocycles. The molecule has 8 heteroatoms. The van der Waals surface area contributed by atoms with Gasteiger partial charge in [0, 0.05) is 22.5 Å². The van der Waals surface area contributed by atoms with Crippen molar-refractivity contribution >= 4 is 37.5 Å². The molecule has 0 aliphatic heterocycles. The van der Waals surface area contributed by atoms with Gasteiger partial charge in [-0.25, -0.2) is 18.5 Å². The molecule has 6 nitrogen and oxygen atoms in total. The number of hydrogen-bond donors (Lipinski definition) is 2. The second-order valence-electron chi connectivity index (χ2n) is 4.13. The van der Waals surface area contributed by atoms with Gasteiger partial charge in [-0.3, -0.25) is 0 Å². The number of pyridine rings is 1. The first-order valence-corrected chi connectivity index (χ1v) is 8.08. The number of thiophene rings is 1. The Morgan fingerprint density at radius 1 is 1.35 bits per heavy atom. The van der Waals surface area contributed by atoms with Crippen molar-refractivity contribution in [3.05, 3.63) is 41.4 Å². The number of anilines is 1. The lowest BCUT2D eigenvalue weighted by atomic mass is 10.3. The van der Waals surface area contributed by atoms with Gasteiger partial charge in [0.15, 0.2) is 4.90 Å². The van der Waals surface area contributed by atoms with Crippen LogP contribution in [0.3, 0.4) is 0 Å². The Labute approximate surface area is 119 Å². The number of aromatic nitrogens is 1. The van der Waals surface area contributed by atoms with E-state index in [1.807, 2.05) is 24.3 Å². The maximum absolute atomic E-state index is 11.2. The van der Waals surface area contributed by atoms with Crippen molar-refractivity contribution in [2.45, 2.75) is 11.6 Å². The van der Waals surface area contributed by atoms with Gasteiger partial charge in [-0.1, -0.05) is 6.07 Å². The normalized spacial score (nSPS) is 11.8. The Kier molecular flexibility index (Phi) is 3.20. The molecule has 0 fully saturated rings. The Morgan fingerprint density at radius 3 is 2.85 bits per heavy atom. The van der Waals surface area contributed by atoms with Gasteiger partial charge >= 0.3 is 0 Å². The third kappa shape index (κ3) is 2.67. The molecule has 0 radical (unpaired) electrons. The zero-order chi connectivity index (χ0) is 14.2. The van der Waals surface area contributed by atoms with Crippen LogP contribution in [0.2, 0.25) is 0 Å². The first-order valence-electron chi connectivity index (χ1n) is 5.72. The van der Waals surface area contributed by atoms with Crippen LogP contribution in [0, 0.1) is 0 Å². The largest absolute Gasteiger partial charge is 0.433 e. The number of nitrogens with two attached hydrogens (primary N) is 1. The summed E-state index contributed by atoms with van der Waals surface area (Å²) in [6, 6.07) is 8.92. The lowest BCUT2D eigenvalue weighted by Crippen LogP contribution is -2.10. The molecule has 0 aliphatic carbocycles. The molecule has 3 N–H and O–H groups in total. The summed E-state index contributed by atoms with van der Waals surface area (Å²) in [6.07, 6.45) is 1.71. The molecule has 0 unspecified atom stereocenters. The summed E-state index contributed by atoms with van der Waals surface area (Å²) in [6.45, 7) is 0.594. The van der Waals surface area contributed by atoms with Crippen molar-refractivity contribution in [2.24, 2.45) is 5.14 Å². The quantitative estimate of drug-likeness (QED) is 0.769. The van der Waals surface area contributed by atoms with E-state index in [1.165, 1.54) is 17.4 Å². The number of rotatable bonds is 4. The molecule has 0 atom stereocenters. The highest BCUT2D eigenvalue weighted by Gasteiger charge is 2.16. The maximum atomic E-state index is 11.2. The predicted molar refractivity (Wildman–Crippen MR) is 77.0 cm³/mol. The monoisotopic (exact) mass is 309 g/mol. The number of hydrogen-bond acceptors (Lipinski definition) is 6. The van der Waals surface area contributed by atoms with Gasteiger partial charge in [-0.15, -0.1) is 11.3 Å². The Balaban J connectivity index is 1.79. The van der Waals surface area contributed by atoms with Crippen LogP contribution in [0.15, 0.2) is 46.0 Å². The lowest BCUT2D eigenvalue weighted by molar-refractivity contribution is 0.486. The van der Waals surface area contributed by atoms with E-state index in [-0.39, 0.29) is 5.09 Å². The van der Waals surface area contributed by atoms with E-state index in [1.54, 1.807) is 6.20 Å². The van der Waals surface area contributed by atoms with Crippen LogP contribution < -0.4 is 10.5 Å². The highest BCUT2D eigenvalue weighted by Crippen LogP contribution is 2.30. The smallest absolute Gasteiger partial charge is 0.271 e. The van der Waals surface area contributed by atoms with Crippen LogP contribution in [-0.2, 0) is 16.6 Å². The molecule has 3 aromatic rings. The van der Waals surface area contributed by atoms with Crippen molar-refractivity contribution in [3.63, 3.8) is 0 Å². The van der Waals surface area contributed by atoms with Gasteiger partial charge in [-0.2, -0.15) is 0 Å². The summed E-state index contributed by atoms with van der Waals surface area (Å²) in [5.74, 6) is 0.780. The van der Waals surface area contributed by atoms with E-state index < -0.39 is 10.0 Å². The number of furan rings is 1. The minimum absolute atomic E-state index is 0.206. The van der Waals surface area contributed by atoms with Crippen molar-refractivity contribution < 1.29 is 12.8 Å². The highest BCUT2D eigenvalue weighted by molar-refractivity contribution is 7.89. The molecule has 0 saturated heterocycles. The Bertz CT molecular complexity index is 806. The van der Waals surface area contributed by atoms with Gasteiger partial charge in [0.2, 0.25) is 5.09 Å². The van der Waals surface area contributed by atoms with Crippen molar-refractivity contribution in [1.82, 2.24) is 4.98 Å². The van der Waals surface area contributed by atoms with Crippen molar-refractivity contribution in [2.75, 3.05) is 5.32 Å². The Hall–Kier alpha value is -1.90. The average molecular weight is 309 g/mol. The van der Waals surface area contributed by atoms with E-state index in [2.05, 4.69) is 10.3 Å². The van der Waals surface area contributed by atoms with Crippen LogP contribution in [-0.4, -0.2) is 13.4 Å². The van der Waals surface area contributed by atoms with Crippen LogP contribution in [0.5, 0.6) is 0 Å². The molecule has 3 aromatic heterocycles. The van der Waals surface area contributed by atoms with E-state index in [0.29, 0.717) is 11.4 Å². The molecule has 0 bridgehead atoms. The molecular formula is C12H11N3O3S2. The van der Waals surface area contributed by atoms with Gasteiger partial charge in [0.05, 0.1) is 6.54 Å². The molecule has 20 heavy (non-hydrogen) atoms. The van der Waals surface area contributed by atoms with Gasteiger partial charge in [-0.05, 0) is 18.2 Å². The molecule has 104 valence electrons. The first-order chi connectivity index (χ1) is 9.52. The summed E-state index contributed by atoms with van der Waals surface area (Å²) in [7, 11) is -3.79. The van der Waals surface area contributed by atoms with Crippen LogP contribution >= 0.6 is 11.3 Å². The molecule has 0 spiro atoms. The molecule has 0 amide bonds. The molecular weight excluding hydrogens is 298 g/mol. The summed E-state index contributed by atoms with van der Waals surface area (Å²) in [5.41, 5.74) is 0. The predicted octanol–water partition coefficient (Wildman–Crippen LogP) is 2.15. The number of fused-ring (bicyclic) bond motifs is 1. The lowest BCUT2D eigenvalue weighted by Gasteiger charge is -2.01.